The zero-order chi connectivity index (χ0) is 23.2. The lowest BCUT2D eigenvalue weighted by atomic mass is 9.88. The zero-order valence-corrected chi connectivity index (χ0v) is 20.4. The number of nitrogens with zero attached hydrogens (tertiary/aromatic N) is 1. The molecule has 0 aliphatic carbocycles. The van der Waals surface area contributed by atoms with Crippen molar-refractivity contribution in [1.82, 2.24) is 4.90 Å². The van der Waals surface area contributed by atoms with Crippen LogP contribution in [0.25, 0.3) is 0 Å². The second-order valence-electron chi connectivity index (χ2n) is 8.64. The first-order chi connectivity index (χ1) is 15.6. The average molecular weight is 432 g/mol. The summed E-state index contributed by atoms with van der Waals surface area (Å²) in [5.74, 6) is 1.38. The smallest absolute Gasteiger partial charge is 0.141 e. The number of allylic oxidation sites excluding steroid dienone is 4. The van der Waals surface area contributed by atoms with E-state index >= 15 is 0 Å². The number of hydrogen-bond donors (Lipinski definition) is 0. The first-order valence-corrected chi connectivity index (χ1v) is 12.2. The lowest BCUT2D eigenvalue weighted by molar-refractivity contribution is -0.113. The Kier molecular flexibility index (Phi) is 11.8. The molecule has 172 valence electrons. The van der Waals surface area contributed by atoms with Gasteiger partial charge >= 0.3 is 0 Å². The SMILES string of the molecule is C/C=C\C=C(/CC)C(C)CC.O=CC(c1ccccc1)N1CCC(c2ccccc2)CC1. The van der Waals surface area contributed by atoms with Gasteiger partial charge in [-0.3, -0.25) is 4.90 Å². The van der Waals surface area contributed by atoms with Gasteiger partial charge in [-0.1, -0.05) is 105 Å². The first-order valence-electron chi connectivity index (χ1n) is 12.2. The van der Waals surface area contributed by atoms with E-state index in [4.69, 9.17) is 0 Å². The standard InChI is InChI=1S/C19H21NO.C11H20/c21-15-19(18-9-5-2-6-10-18)20-13-11-17(12-14-20)16-7-3-1-4-8-16;1-5-8-9-11(7-3)10(4)6-2/h1-10,15,17,19H,11-14H2;5,8-10H,6-7H2,1-4H3/b;8-5-,11-9+. The Morgan fingerprint density at radius 1 is 1.00 bits per heavy atom. The number of piperidine rings is 1. The predicted molar refractivity (Wildman–Crippen MR) is 138 cm³/mol. The van der Waals surface area contributed by atoms with Gasteiger partial charge in [-0.15, -0.1) is 0 Å². The van der Waals surface area contributed by atoms with Gasteiger partial charge < -0.3 is 4.79 Å². The minimum atomic E-state index is -0.0945. The summed E-state index contributed by atoms with van der Waals surface area (Å²) in [6, 6.07) is 20.7. The molecule has 0 N–H and O–H groups in total. The largest absolute Gasteiger partial charge is 0.301 e. The topological polar surface area (TPSA) is 20.3 Å². The van der Waals surface area contributed by atoms with Gasteiger partial charge in [-0.25, -0.2) is 0 Å². The molecule has 2 unspecified atom stereocenters. The molecule has 0 aromatic heterocycles. The van der Waals surface area contributed by atoms with Crippen molar-refractivity contribution in [3.63, 3.8) is 0 Å². The fourth-order valence-electron chi connectivity index (χ4n) is 4.37. The third-order valence-corrected chi connectivity index (χ3v) is 6.62. The summed E-state index contributed by atoms with van der Waals surface area (Å²) in [7, 11) is 0. The van der Waals surface area contributed by atoms with Crippen molar-refractivity contribution >= 4 is 6.29 Å². The highest BCUT2D eigenvalue weighted by atomic mass is 16.1. The van der Waals surface area contributed by atoms with E-state index in [-0.39, 0.29) is 6.04 Å². The predicted octanol–water partition coefficient (Wildman–Crippen LogP) is 7.75. The van der Waals surface area contributed by atoms with E-state index in [0.29, 0.717) is 5.92 Å². The van der Waals surface area contributed by atoms with Crippen molar-refractivity contribution in [2.75, 3.05) is 13.1 Å². The van der Waals surface area contributed by atoms with E-state index in [1.807, 2.05) is 30.3 Å². The Balaban J connectivity index is 0.000000282. The summed E-state index contributed by atoms with van der Waals surface area (Å²) >= 11 is 0. The van der Waals surface area contributed by atoms with Gasteiger partial charge in [-0.2, -0.15) is 0 Å². The molecule has 0 bridgehead atoms. The number of aldehydes is 1. The highest BCUT2D eigenvalue weighted by Crippen LogP contribution is 2.31. The van der Waals surface area contributed by atoms with E-state index in [9.17, 15) is 4.79 Å². The maximum absolute atomic E-state index is 11.5. The van der Waals surface area contributed by atoms with E-state index in [1.54, 1.807) is 5.57 Å². The second-order valence-corrected chi connectivity index (χ2v) is 8.64. The number of benzene rings is 2. The van der Waals surface area contributed by atoms with Crippen LogP contribution < -0.4 is 0 Å². The monoisotopic (exact) mass is 431 g/mol. The van der Waals surface area contributed by atoms with Gasteiger partial charge in [0.25, 0.3) is 0 Å². The highest BCUT2D eigenvalue weighted by Gasteiger charge is 2.26. The molecule has 1 aliphatic heterocycles. The summed E-state index contributed by atoms with van der Waals surface area (Å²) in [4.78, 5) is 13.8. The van der Waals surface area contributed by atoms with E-state index in [0.717, 1.165) is 43.7 Å². The summed E-state index contributed by atoms with van der Waals surface area (Å²) < 4.78 is 0. The number of carbonyl (C=O) groups excluding carboxylic acids is 1. The van der Waals surface area contributed by atoms with Crippen molar-refractivity contribution in [1.29, 1.82) is 0 Å². The molecular weight excluding hydrogens is 390 g/mol. The summed E-state index contributed by atoms with van der Waals surface area (Å²) in [6.07, 6.45) is 12.2. The molecule has 0 radical (unpaired) electrons. The van der Waals surface area contributed by atoms with Crippen molar-refractivity contribution in [2.24, 2.45) is 5.92 Å². The van der Waals surface area contributed by atoms with Gasteiger partial charge in [0.1, 0.15) is 6.29 Å². The molecule has 32 heavy (non-hydrogen) atoms. The lowest BCUT2D eigenvalue weighted by Gasteiger charge is -2.35. The third kappa shape index (κ3) is 7.91. The Morgan fingerprint density at radius 2 is 1.59 bits per heavy atom. The molecule has 0 amide bonds. The quantitative estimate of drug-likeness (QED) is 0.314. The molecule has 1 heterocycles. The van der Waals surface area contributed by atoms with Gasteiger partial charge in [0.05, 0.1) is 6.04 Å². The van der Waals surface area contributed by atoms with Crippen LogP contribution in [0.2, 0.25) is 0 Å². The van der Waals surface area contributed by atoms with Gasteiger partial charge in [0.2, 0.25) is 0 Å². The van der Waals surface area contributed by atoms with Crippen LogP contribution in [0.3, 0.4) is 0 Å². The fourth-order valence-corrected chi connectivity index (χ4v) is 4.37. The van der Waals surface area contributed by atoms with Crippen LogP contribution in [0.5, 0.6) is 0 Å². The maximum Gasteiger partial charge on any atom is 0.141 e. The van der Waals surface area contributed by atoms with Crippen LogP contribution in [0, 0.1) is 5.92 Å². The van der Waals surface area contributed by atoms with Crippen LogP contribution in [0.1, 0.15) is 76.5 Å². The third-order valence-electron chi connectivity index (χ3n) is 6.62. The summed E-state index contributed by atoms with van der Waals surface area (Å²) in [5.41, 5.74) is 4.09. The van der Waals surface area contributed by atoms with E-state index in [2.05, 4.69) is 81.2 Å². The first kappa shape index (κ1) is 25.8. The Bertz CT molecular complexity index is 816. The van der Waals surface area contributed by atoms with Crippen molar-refractivity contribution < 1.29 is 4.79 Å². The van der Waals surface area contributed by atoms with Crippen LogP contribution in [0.4, 0.5) is 0 Å². The van der Waals surface area contributed by atoms with Crippen LogP contribution in [-0.2, 0) is 4.79 Å². The highest BCUT2D eigenvalue weighted by molar-refractivity contribution is 5.61. The molecule has 0 saturated carbocycles. The van der Waals surface area contributed by atoms with Gasteiger partial charge in [0, 0.05) is 0 Å². The van der Waals surface area contributed by atoms with Crippen molar-refractivity contribution in [3.05, 3.63) is 95.6 Å². The molecule has 2 aromatic rings. The number of likely N-dealkylation sites (tertiary alicyclic amines) is 1. The van der Waals surface area contributed by atoms with Crippen LogP contribution in [0.15, 0.2) is 84.5 Å². The Labute approximate surface area is 196 Å². The Morgan fingerprint density at radius 3 is 2.09 bits per heavy atom. The maximum atomic E-state index is 11.5. The van der Waals surface area contributed by atoms with E-state index < -0.39 is 0 Å². The molecule has 2 nitrogen and oxygen atoms in total. The molecule has 1 aliphatic rings. The zero-order valence-electron chi connectivity index (χ0n) is 20.4. The summed E-state index contributed by atoms with van der Waals surface area (Å²) in [5, 5.41) is 0. The lowest BCUT2D eigenvalue weighted by Crippen LogP contribution is -2.36. The molecule has 2 heteroatoms. The Hall–Kier alpha value is -2.45. The van der Waals surface area contributed by atoms with Gasteiger partial charge in [-0.05, 0) is 68.7 Å². The molecule has 0 spiro atoms. The minimum Gasteiger partial charge on any atom is -0.301 e. The molecule has 3 rings (SSSR count). The number of hydrogen-bond acceptors (Lipinski definition) is 2. The van der Waals surface area contributed by atoms with Crippen LogP contribution in [-0.4, -0.2) is 24.3 Å². The molecule has 2 atom stereocenters. The molecule has 2 aromatic carbocycles. The normalized spacial score (nSPS) is 17.4. The van der Waals surface area contributed by atoms with Crippen molar-refractivity contribution in [3.8, 4) is 0 Å². The van der Waals surface area contributed by atoms with E-state index in [1.165, 1.54) is 18.4 Å². The fraction of sp³-hybridized carbons (Fsp3) is 0.433. The second kappa shape index (κ2) is 14.6. The summed E-state index contributed by atoms with van der Waals surface area (Å²) in [6.45, 7) is 10.8. The van der Waals surface area contributed by atoms with Gasteiger partial charge in [0.15, 0.2) is 0 Å². The molecular formula is C30H41NO. The number of carbonyl (C=O) groups is 1. The minimum absolute atomic E-state index is 0.0945. The average Bonchev–Trinajstić information content (AvgIpc) is 2.87. The molecule has 1 saturated heterocycles. The van der Waals surface area contributed by atoms with Crippen molar-refractivity contribution in [2.45, 2.75) is 65.3 Å². The molecule has 1 fully saturated rings. The van der Waals surface area contributed by atoms with Crippen LogP contribution >= 0.6 is 0 Å². The number of rotatable bonds is 8.